The third kappa shape index (κ3) is 1150. The Hall–Kier alpha value is 0.127. The molecule has 0 N–H and O–H groups in total. The van der Waals surface area contributed by atoms with Gasteiger partial charge in [-0.05, 0) is 0 Å². The van der Waals surface area contributed by atoms with Gasteiger partial charge in [0, 0.05) is 18.9 Å². The summed E-state index contributed by atoms with van der Waals surface area (Å²) in [6.07, 6.45) is -2.83. The Labute approximate surface area is 39.5 Å². The van der Waals surface area contributed by atoms with Crippen LogP contribution in [-0.4, -0.2) is 25.2 Å². The Morgan fingerprint density at radius 2 is 1.40 bits per heavy atom. The number of rotatable bonds is 0. The van der Waals surface area contributed by atoms with Crippen LogP contribution < -0.4 is 0 Å². The fourth-order valence-electron chi connectivity index (χ4n) is 0. The van der Waals surface area contributed by atoms with Crippen LogP contribution in [-0.2, 0) is 0 Å². The van der Waals surface area contributed by atoms with E-state index in [-0.39, 0.29) is 18.9 Å². The van der Waals surface area contributed by atoms with Crippen molar-refractivity contribution >= 4 is 25.2 Å². The van der Waals surface area contributed by atoms with Gasteiger partial charge in [-0.3, -0.25) is 0 Å². The summed E-state index contributed by atoms with van der Waals surface area (Å²) in [5.74, 6) is 0. The first-order chi connectivity index (χ1) is 1.73. The molecule has 0 aromatic heterocycles. The fourth-order valence-corrected chi connectivity index (χ4v) is 0. The molecule has 0 atom stereocenters. The standard InChI is InChI=1S/CF2O.Li/c2-1(3)4;. The van der Waals surface area contributed by atoms with E-state index in [4.69, 9.17) is 4.79 Å². The first-order valence-corrected chi connectivity index (χ1v) is 0.582. The molecule has 0 saturated carbocycles. The van der Waals surface area contributed by atoms with Gasteiger partial charge < -0.3 is 0 Å². The summed E-state index contributed by atoms with van der Waals surface area (Å²) in [5, 5.41) is 0. The summed E-state index contributed by atoms with van der Waals surface area (Å²) in [7, 11) is 0. The van der Waals surface area contributed by atoms with Crippen LogP contribution in [0.4, 0.5) is 13.6 Å². The number of carbonyl (C=O) groups is 1. The van der Waals surface area contributed by atoms with Crippen LogP contribution in [0, 0.1) is 0 Å². The van der Waals surface area contributed by atoms with Crippen molar-refractivity contribution in [1.82, 2.24) is 0 Å². The summed E-state index contributed by atoms with van der Waals surface area (Å²) >= 11 is 0. The van der Waals surface area contributed by atoms with Gasteiger partial charge in [0.2, 0.25) is 0 Å². The van der Waals surface area contributed by atoms with E-state index < -0.39 is 6.29 Å². The van der Waals surface area contributed by atoms with E-state index in [1.165, 1.54) is 0 Å². The van der Waals surface area contributed by atoms with Crippen LogP contribution in [0.3, 0.4) is 0 Å². The Balaban J connectivity index is 0. The Morgan fingerprint density at radius 3 is 1.40 bits per heavy atom. The minimum absolute atomic E-state index is 0. The van der Waals surface area contributed by atoms with E-state index in [1.807, 2.05) is 0 Å². The smallest absolute Gasteiger partial charge is 0.219 e. The van der Waals surface area contributed by atoms with E-state index >= 15 is 0 Å². The van der Waals surface area contributed by atoms with E-state index in [9.17, 15) is 8.78 Å². The minimum Gasteiger partial charge on any atom is -0.219 e. The predicted molar refractivity (Wildman–Crippen MR) is 13.4 cm³/mol. The molecule has 0 rings (SSSR count). The molecule has 0 aromatic rings. The summed E-state index contributed by atoms with van der Waals surface area (Å²) in [5.41, 5.74) is 0. The van der Waals surface area contributed by atoms with Crippen molar-refractivity contribution < 1.29 is 13.6 Å². The molecule has 0 aliphatic heterocycles. The fraction of sp³-hybridized carbons (Fsp3) is 0. The maximum atomic E-state index is 9.69. The molecule has 0 aromatic carbocycles. The maximum absolute atomic E-state index is 9.69. The van der Waals surface area contributed by atoms with Gasteiger partial charge in [-0.1, -0.05) is 0 Å². The van der Waals surface area contributed by atoms with Crippen LogP contribution >= 0.6 is 0 Å². The van der Waals surface area contributed by atoms with Gasteiger partial charge in [-0.2, -0.15) is 0 Å². The first-order valence-electron chi connectivity index (χ1n) is 0.582. The topological polar surface area (TPSA) is 17.1 Å². The zero-order valence-electron chi connectivity index (χ0n) is 2.66. The van der Waals surface area contributed by atoms with Crippen LogP contribution in [0.25, 0.3) is 0 Å². The van der Waals surface area contributed by atoms with Crippen LogP contribution in [0.1, 0.15) is 0 Å². The molecule has 0 heterocycles. The number of carbonyl (C=O) groups excluding carboxylic acids is 1. The van der Waals surface area contributed by atoms with Crippen molar-refractivity contribution in [3.63, 3.8) is 0 Å². The molecule has 0 saturated heterocycles. The second-order valence-corrected chi connectivity index (χ2v) is 0.226. The quantitative estimate of drug-likeness (QED) is 0.304. The number of hydrogen-bond acceptors (Lipinski definition) is 1. The normalized spacial score (nSPS) is 5.20. The van der Waals surface area contributed by atoms with Crippen molar-refractivity contribution in [3.8, 4) is 0 Å². The van der Waals surface area contributed by atoms with Crippen molar-refractivity contribution in [2.45, 2.75) is 0 Å². The van der Waals surface area contributed by atoms with Gasteiger partial charge in [0.25, 0.3) is 0 Å². The van der Waals surface area contributed by atoms with Crippen molar-refractivity contribution in [2.24, 2.45) is 0 Å². The molecule has 0 aliphatic carbocycles. The third-order valence-electron chi connectivity index (χ3n) is 0. The maximum Gasteiger partial charge on any atom is 0.483 e. The molecule has 4 heteroatoms. The monoisotopic (exact) mass is 73.0 g/mol. The average molecular weight is 72.9 g/mol. The Kier molecular flexibility index (Phi) is 7.37. The van der Waals surface area contributed by atoms with Crippen LogP contribution in [0.5, 0.6) is 0 Å². The summed E-state index contributed by atoms with van der Waals surface area (Å²) < 4.78 is 19.4. The van der Waals surface area contributed by atoms with Crippen molar-refractivity contribution in [3.05, 3.63) is 0 Å². The SMILES string of the molecule is O=C(F)F.[Li]. The molecular formula is CF2LiO. The van der Waals surface area contributed by atoms with E-state index in [2.05, 4.69) is 0 Å². The molecule has 1 radical (unpaired) electrons. The van der Waals surface area contributed by atoms with Gasteiger partial charge in [-0.25, -0.2) is 4.79 Å². The molecule has 1 nitrogen and oxygen atoms in total. The number of halogens is 2. The van der Waals surface area contributed by atoms with Crippen LogP contribution in [0.2, 0.25) is 0 Å². The molecule has 0 fully saturated rings. The summed E-state index contributed by atoms with van der Waals surface area (Å²) in [6, 6.07) is 0. The number of hydrogen-bond donors (Lipinski definition) is 0. The largest absolute Gasteiger partial charge is 0.483 e. The Bertz CT molecular complexity index is 32.6. The van der Waals surface area contributed by atoms with Crippen LogP contribution in [0.15, 0.2) is 0 Å². The second kappa shape index (κ2) is 4.13. The Morgan fingerprint density at radius 1 is 1.40 bits per heavy atom. The predicted octanol–water partition coefficient (Wildman–Crippen LogP) is 0.665. The van der Waals surface area contributed by atoms with Gasteiger partial charge in [-0.15, -0.1) is 8.78 Å². The third-order valence-corrected chi connectivity index (χ3v) is 0. The molecule has 0 spiro atoms. The molecule has 5 heavy (non-hydrogen) atoms. The molecule has 0 amide bonds. The molecular weight excluding hydrogens is 72.9 g/mol. The molecule has 25 valence electrons. The zero-order valence-corrected chi connectivity index (χ0v) is 2.66. The van der Waals surface area contributed by atoms with Gasteiger partial charge >= 0.3 is 6.29 Å². The van der Waals surface area contributed by atoms with E-state index in [0.29, 0.717) is 0 Å². The minimum atomic E-state index is -2.83. The average Bonchev–Trinajstić information content (AvgIpc) is 0.811. The molecule has 0 bridgehead atoms. The first kappa shape index (κ1) is 8.93. The summed E-state index contributed by atoms with van der Waals surface area (Å²) in [4.78, 5) is 8.11. The van der Waals surface area contributed by atoms with Gasteiger partial charge in [0.15, 0.2) is 0 Å². The zero-order chi connectivity index (χ0) is 3.58. The molecule has 0 unspecified atom stereocenters. The van der Waals surface area contributed by atoms with E-state index in [0.717, 1.165) is 0 Å². The van der Waals surface area contributed by atoms with E-state index in [1.54, 1.807) is 0 Å². The van der Waals surface area contributed by atoms with Crippen molar-refractivity contribution in [1.29, 1.82) is 0 Å². The van der Waals surface area contributed by atoms with Crippen molar-refractivity contribution in [2.75, 3.05) is 0 Å². The van der Waals surface area contributed by atoms with Gasteiger partial charge in [0.1, 0.15) is 0 Å². The van der Waals surface area contributed by atoms with Gasteiger partial charge in [0.05, 0.1) is 0 Å². The molecule has 0 aliphatic rings. The summed E-state index contributed by atoms with van der Waals surface area (Å²) in [6.45, 7) is 0. The second-order valence-electron chi connectivity index (χ2n) is 0.226.